The summed E-state index contributed by atoms with van der Waals surface area (Å²) in [5, 5.41) is 3.25. The number of thioether (sulfide) groups is 1. The van der Waals surface area contributed by atoms with Crippen molar-refractivity contribution in [3.05, 3.63) is 0 Å². The van der Waals surface area contributed by atoms with Crippen LogP contribution in [0.4, 0.5) is 0 Å². The van der Waals surface area contributed by atoms with Crippen LogP contribution in [-0.2, 0) is 18.1 Å². The molecule has 0 saturated heterocycles. The molecule has 1 rings (SSSR count). The van der Waals surface area contributed by atoms with Crippen LogP contribution in [-0.4, -0.2) is 51.1 Å². The minimum absolute atomic E-state index is 0.164. The Morgan fingerprint density at radius 2 is 1.58 bits per heavy atom. The molecule has 0 aliphatic heterocycles. The van der Waals surface area contributed by atoms with Gasteiger partial charge >= 0.3 is 8.80 Å². The van der Waals surface area contributed by atoms with E-state index in [4.69, 9.17) is 13.3 Å². The summed E-state index contributed by atoms with van der Waals surface area (Å²) in [7, 11) is -2.57. The van der Waals surface area contributed by atoms with Crippen LogP contribution in [0.3, 0.4) is 0 Å². The Balaban J connectivity index is 2.43. The lowest BCUT2D eigenvalue weighted by molar-refractivity contribution is -0.123. The van der Waals surface area contributed by atoms with Gasteiger partial charge in [0.25, 0.3) is 0 Å². The maximum absolute atomic E-state index is 12.6. The van der Waals surface area contributed by atoms with Gasteiger partial charge in [0.05, 0.1) is 4.75 Å². The topological polar surface area (TPSA) is 56.8 Å². The zero-order chi connectivity index (χ0) is 19.5. The van der Waals surface area contributed by atoms with Gasteiger partial charge in [-0.1, -0.05) is 19.3 Å². The van der Waals surface area contributed by atoms with Gasteiger partial charge in [0, 0.05) is 31.9 Å². The van der Waals surface area contributed by atoms with Gasteiger partial charge in [0.1, 0.15) is 0 Å². The quantitative estimate of drug-likeness (QED) is 0.364. The summed E-state index contributed by atoms with van der Waals surface area (Å²) in [6.07, 6.45) is 6.94. The van der Waals surface area contributed by atoms with E-state index in [0.717, 1.165) is 31.1 Å². The second-order valence-electron chi connectivity index (χ2n) is 7.25. The molecule has 1 aliphatic carbocycles. The first-order valence-electron chi connectivity index (χ1n) is 10.3. The zero-order valence-corrected chi connectivity index (χ0v) is 19.2. The van der Waals surface area contributed by atoms with Gasteiger partial charge in [-0.15, -0.1) is 11.8 Å². The van der Waals surface area contributed by atoms with Crippen molar-refractivity contribution in [1.82, 2.24) is 5.32 Å². The Bertz CT molecular complexity index is 386. The molecule has 5 nitrogen and oxygen atoms in total. The maximum Gasteiger partial charge on any atom is 0.500 e. The van der Waals surface area contributed by atoms with Gasteiger partial charge in [0.2, 0.25) is 5.91 Å². The molecule has 26 heavy (non-hydrogen) atoms. The highest BCUT2D eigenvalue weighted by atomic mass is 32.2. The summed E-state index contributed by atoms with van der Waals surface area (Å²) in [5.74, 6) is 1.06. The summed E-state index contributed by atoms with van der Waals surface area (Å²) in [6.45, 7) is 11.8. The zero-order valence-electron chi connectivity index (χ0n) is 17.4. The fraction of sp³-hybridized carbons (Fsp3) is 0.947. The highest BCUT2D eigenvalue weighted by Crippen LogP contribution is 2.29. The van der Waals surface area contributed by atoms with E-state index >= 15 is 0 Å². The van der Waals surface area contributed by atoms with E-state index in [-0.39, 0.29) is 5.91 Å². The molecule has 7 heteroatoms. The molecule has 0 radical (unpaired) electrons. The second-order valence-corrected chi connectivity index (χ2v) is 11.7. The molecule has 1 aliphatic rings. The number of hydrogen-bond donors (Lipinski definition) is 1. The van der Waals surface area contributed by atoms with Crippen molar-refractivity contribution in [2.45, 2.75) is 90.0 Å². The lowest BCUT2D eigenvalue weighted by Gasteiger charge is -2.30. The van der Waals surface area contributed by atoms with Gasteiger partial charge in [-0.2, -0.15) is 0 Å². The van der Waals surface area contributed by atoms with Crippen LogP contribution >= 0.6 is 11.8 Å². The first-order chi connectivity index (χ1) is 12.4. The summed E-state index contributed by atoms with van der Waals surface area (Å²) in [4.78, 5) is 12.6. The maximum atomic E-state index is 12.6. The van der Waals surface area contributed by atoms with Crippen molar-refractivity contribution in [1.29, 1.82) is 0 Å². The smallest absolute Gasteiger partial charge is 0.374 e. The average Bonchev–Trinajstić information content (AvgIpc) is 2.60. The first kappa shape index (κ1) is 24.0. The van der Waals surface area contributed by atoms with E-state index in [9.17, 15) is 4.79 Å². The predicted octanol–water partition coefficient (Wildman–Crippen LogP) is 4.39. The van der Waals surface area contributed by atoms with Crippen LogP contribution in [0.5, 0.6) is 0 Å². The summed E-state index contributed by atoms with van der Waals surface area (Å²) in [5.41, 5.74) is 0. The molecule has 1 fully saturated rings. The van der Waals surface area contributed by atoms with Crippen LogP contribution in [0.1, 0.15) is 73.1 Å². The third kappa shape index (κ3) is 8.29. The van der Waals surface area contributed by atoms with Gasteiger partial charge in [0.15, 0.2) is 0 Å². The molecule has 0 aromatic heterocycles. The fourth-order valence-electron chi connectivity index (χ4n) is 3.29. The third-order valence-corrected chi connectivity index (χ3v) is 9.22. The van der Waals surface area contributed by atoms with Crippen molar-refractivity contribution < 1.29 is 18.1 Å². The second kappa shape index (κ2) is 12.4. The van der Waals surface area contributed by atoms with E-state index in [0.29, 0.717) is 25.9 Å². The minimum Gasteiger partial charge on any atom is -0.374 e. The lowest BCUT2D eigenvalue weighted by atomic mass is 9.95. The average molecular weight is 406 g/mol. The molecule has 0 atom stereocenters. The van der Waals surface area contributed by atoms with Crippen LogP contribution in [0, 0.1) is 0 Å². The number of amides is 1. The number of carbonyl (C=O) groups is 1. The molecule has 1 N–H and O–H groups in total. The fourth-order valence-corrected chi connectivity index (χ4v) is 7.15. The molecular weight excluding hydrogens is 366 g/mol. The molecular formula is C19H39NO4SSi. The van der Waals surface area contributed by atoms with E-state index in [1.807, 2.05) is 34.6 Å². The van der Waals surface area contributed by atoms with Gasteiger partial charge in [-0.05, 0) is 59.6 Å². The molecule has 0 aromatic carbocycles. The normalized spacial score (nSPS) is 16.7. The minimum atomic E-state index is -2.57. The molecule has 1 amide bonds. The Labute approximate surface area is 165 Å². The predicted molar refractivity (Wildman–Crippen MR) is 112 cm³/mol. The van der Waals surface area contributed by atoms with Crippen molar-refractivity contribution in [3.63, 3.8) is 0 Å². The van der Waals surface area contributed by atoms with Gasteiger partial charge < -0.3 is 18.6 Å². The molecule has 0 bridgehead atoms. The summed E-state index contributed by atoms with van der Waals surface area (Å²) < 4.78 is 17.3. The van der Waals surface area contributed by atoms with E-state index in [1.165, 1.54) is 19.3 Å². The number of rotatable bonds is 13. The molecule has 0 spiro atoms. The van der Waals surface area contributed by atoms with Crippen LogP contribution in [0.2, 0.25) is 6.04 Å². The van der Waals surface area contributed by atoms with Gasteiger partial charge in [-0.3, -0.25) is 4.79 Å². The highest BCUT2D eigenvalue weighted by molar-refractivity contribution is 8.01. The van der Waals surface area contributed by atoms with Crippen molar-refractivity contribution in [2.24, 2.45) is 0 Å². The molecule has 154 valence electrons. The van der Waals surface area contributed by atoms with E-state index < -0.39 is 13.6 Å². The molecule has 0 aromatic rings. The standard InChI is InChI=1S/C19H39NO4SSi/c1-6-22-26(23-7-2,24-8-3)16-12-15-25-19(4,5)18(21)20-17-13-10-9-11-14-17/h17H,6-16H2,1-5H3,(H,20,21). The Hall–Kier alpha value is -0.0831. The SMILES string of the molecule is CCO[Si](CCCSC(C)(C)C(=O)NC1CCCCC1)(OCC)OCC. The largest absolute Gasteiger partial charge is 0.500 e. The number of hydrogen-bond acceptors (Lipinski definition) is 5. The summed E-state index contributed by atoms with van der Waals surface area (Å²) >= 11 is 1.71. The monoisotopic (exact) mass is 405 g/mol. The van der Waals surface area contributed by atoms with Crippen LogP contribution in [0.25, 0.3) is 0 Å². The third-order valence-electron chi connectivity index (χ3n) is 4.67. The van der Waals surface area contributed by atoms with Crippen LogP contribution in [0.15, 0.2) is 0 Å². The Kier molecular flexibility index (Phi) is 11.4. The van der Waals surface area contributed by atoms with E-state index in [2.05, 4.69) is 5.32 Å². The molecule has 0 heterocycles. The molecule has 1 saturated carbocycles. The Morgan fingerprint density at radius 1 is 1.04 bits per heavy atom. The first-order valence-corrected chi connectivity index (χ1v) is 13.2. The van der Waals surface area contributed by atoms with Gasteiger partial charge in [-0.25, -0.2) is 0 Å². The lowest BCUT2D eigenvalue weighted by Crippen LogP contribution is -2.46. The Morgan fingerprint density at radius 3 is 2.08 bits per heavy atom. The number of carbonyl (C=O) groups excluding carboxylic acids is 1. The van der Waals surface area contributed by atoms with Crippen molar-refractivity contribution >= 4 is 26.5 Å². The highest BCUT2D eigenvalue weighted by Gasteiger charge is 2.40. The van der Waals surface area contributed by atoms with Crippen molar-refractivity contribution in [3.8, 4) is 0 Å². The van der Waals surface area contributed by atoms with Crippen LogP contribution < -0.4 is 5.32 Å². The van der Waals surface area contributed by atoms with Crippen molar-refractivity contribution in [2.75, 3.05) is 25.6 Å². The summed E-state index contributed by atoms with van der Waals surface area (Å²) in [6, 6.07) is 1.17. The number of nitrogens with one attached hydrogen (secondary N) is 1. The molecule has 0 unspecified atom stereocenters. The van der Waals surface area contributed by atoms with E-state index in [1.54, 1.807) is 11.8 Å².